The molecule has 0 aromatic heterocycles. The van der Waals surface area contributed by atoms with Gasteiger partial charge in [-0.1, -0.05) is 35.9 Å². The third-order valence-corrected chi connectivity index (χ3v) is 4.92. The van der Waals surface area contributed by atoms with Crippen molar-refractivity contribution in [3.05, 3.63) is 41.4 Å². The van der Waals surface area contributed by atoms with Crippen molar-refractivity contribution in [2.24, 2.45) is 0 Å². The van der Waals surface area contributed by atoms with Crippen molar-refractivity contribution in [2.75, 3.05) is 51.8 Å². The summed E-state index contributed by atoms with van der Waals surface area (Å²) in [4.78, 5) is 16.9. The van der Waals surface area contributed by atoms with Crippen molar-refractivity contribution in [2.45, 2.75) is 6.42 Å². The van der Waals surface area contributed by atoms with E-state index in [1.165, 1.54) is 0 Å². The number of urea groups is 1. The molecule has 0 radical (unpaired) electrons. The zero-order valence-corrected chi connectivity index (χ0v) is 15.3. The third-order valence-electron chi connectivity index (χ3n) is 4.59. The molecule has 2 amide bonds. The number of carbonyl (C=O) groups is 1. The van der Waals surface area contributed by atoms with Gasteiger partial charge in [0.2, 0.25) is 0 Å². The first kappa shape index (κ1) is 18.0. The Morgan fingerprint density at radius 3 is 2.56 bits per heavy atom. The van der Waals surface area contributed by atoms with Gasteiger partial charge >= 0.3 is 6.03 Å². The number of benzene rings is 2. The van der Waals surface area contributed by atoms with Crippen LogP contribution in [0.15, 0.2) is 36.4 Å². The van der Waals surface area contributed by atoms with E-state index < -0.39 is 0 Å². The number of rotatable bonds is 5. The SMILES string of the molecule is COCCCN1CCN(C(=O)Nc2ccc(Cl)c3ccccc23)CC1. The number of carbonyl (C=O) groups excluding carboxylic acids is 1. The van der Waals surface area contributed by atoms with Crippen molar-refractivity contribution in [3.63, 3.8) is 0 Å². The average Bonchev–Trinajstić information content (AvgIpc) is 2.65. The number of nitrogens with one attached hydrogen (secondary N) is 1. The number of nitrogens with zero attached hydrogens (tertiary/aromatic N) is 2. The Hall–Kier alpha value is -1.82. The van der Waals surface area contributed by atoms with Gasteiger partial charge in [0.1, 0.15) is 0 Å². The van der Waals surface area contributed by atoms with Crippen LogP contribution in [0.25, 0.3) is 10.8 Å². The van der Waals surface area contributed by atoms with Crippen molar-refractivity contribution in [3.8, 4) is 0 Å². The summed E-state index contributed by atoms with van der Waals surface area (Å²) in [7, 11) is 1.72. The van der Waals surface area contributed by atoms with E-state index in [0.29, 0.717) is 5.02 Å². The molecule has 1 fully saturated rings. The number of fused-ring (bicyclic) bond motifs is 1. The second kappa shape index (κ2) is 8.52. The molecule has 0 aliphatic carbocycles. The van der Waals surface area contributed by atoms with Gasteiger partial charge in [0.15, 0.2) is 0 Å². The molecule has 1 aliphatic heterocycles. The summed E-state index contributed by atoms with van der Waals surface area (Å²) in [5, 5.41) is 5.64. The molecule has 0 saturated carbocycles. The number of methoxy groups -OCH3 is 1. The summed E-state index contributed by atoms with van der Waals surface area (Å²) < 4.78 is 5.09. The fourth-order valence-corrected chi connectivity index (χ4v) is 3.40. The lowest BCUT2D eigenvalue weighted by Crippen LogP contribution is -2.50. The summed E-state index contributed by atoms with van der Waals surface area (Å²) in [5.41, 5.74) is 0.799. The predicted octanol–water partition coefficient (Wildman–Crippen LogP) is 3.68. The number of hydrogen-bond acceptors (Lipinski definition) is 3. The smallest absolute Gasteiger partial charge is 0.321 e. The number of piperazine rings is 1. The lowest BCUT2D eigenvalue weighted by molar-refractivity contribution is 0.130. The minimum atomic E-state index is -0.0518. The summed E-state index contributed by atoms with van der Waals surface area (Å²) >= 11 is 6.24. The summed E-state index contributed by atoms with van der Waals surface area (Å²) in [6, 6.07) is 11.5. The van der Waals surface area contributed by atoms with Gasteiger partial charge in [0.25, 0.3) is 0 Å². The molecule has 134 valence electrons. The van der Waals surface area contributed by atoms with Crippen molar-refractivity contribution >= 4 is 34.1 Å². The molecule has 0 bridgehead atoms. The van der Waals surface area contributed by atoms with Crippen molar-refractivity contribution < 1.29 is 9.53 Å². The molecule has 6 heteroatoms. The fraction of sp³-hybridized carbons (Fsp3) is 0.421. The van der Waals surface area contributed by atoms with E-state index in [4.69, 9.17) is 16.3 Å². The highest BCUT2D eigenvalue weighted by molar-refractivity contribution is 6.36. The van der Waals surface area contributed by atoms with Crippen molar-refractivity contribution in [1.82, 2.24) is 9.80 Å². The third kappa shape index (κ3) is 4.42. The zero-order valence-electron chi connectivity index (χ0n) is 14.5. The molecule has 1 heterocycles. The van der Waals surface area contributed by atoms with Crippen molar-refractivity contribution in [1.29, 1.82) is 0 Å². The second-order valence-electron chi connectivity index (χ2n) is 6.25. The summed E-state index contributed by atoms with van der Waals surface area (Å²) in [6.45, 7) is 5.08. The summed E-state index contributed by atoms with van der Waals surface area (Å²) in [6.07, 6.45) is 1.03. The van der Waals surface area contributed by atoms with Crippen LogP contribution >= 0.6 is 11.6 Å². The van der Waals surface area contributed by atoms with Gasteiger partial charge in [-0.15, -0.1) is 0 Å². The van der Waals surface area contributed by atoms with Gasteiger partial charge in [-0.2, -0.15) is 0 Å². The van der Waals surface area contributed by atoms with Crippen LogP contribution in [0, 0.1) is 0 Å². The molecule has 1 saturated heterocycles. The standard InChI is InChI=1S/C19H24ClN3O2/c1-25-14-4-9-22-10-12-23(13-11-22)19(24)21-18-8-7-17(20)15-5-2-3-6-16(15)18/h2-3,5-8H,4,9-14H2,1H3,(H,21,24). The molecule has 2 aromatic rings. The monoisotopic (exact) mass is 361 g/mol. The molecule has 3 rings (SSSR count). The normalized spacial score (nSPS) is 15.5. The molecule has 0 atom stereocenters. The first-order valence-corrected chi connectivity index (χ1v) is 9.01. The number of hydrogen-bond donors (Lipinski definition) is 1. The minimum absolute atomic E-state index is 0.0518. The molecule has 2 aromatic carbocycles. The lowest BCUT2D eigenvalue weighted by Gasteiger charge is -2.34. The Bertz CT molecular complexity index is 730. The Kier molecular flexibility index (Phi) is 6.13. The van der Waals surface area contributed by atoms with E-state index in [9.17, 15) is 4.79 Å². The maximum atomic E-state index is 12.6. The van der Waals surface area contributed by atoms with E-state index in [-0.39, 0.29) is 6.03 Å². The number of anilines is 1. The lowest BCUT2D eigenvalue weighted by atomic mass is 10.1. The van der Waals surface area contributed by atoms with Gasteiger partial charge in [-0.05, 0) is 18.6 Å². The maximum absolute atomic E-state index is 12.6. The van der Waals surface area contributed by atoms with Gasteiger partial charge in [0, 0.05) is 62.2 Å². The van der Waals surface area contributed by atoms with E-state index >= 15 is 0 Å². The van der Waals surface area contributed by atoms with E-state index in [1.54, 1.807) is 7.11 Å². The van der Waals surface area contributed by atoms with Crippen LogP contribution in [0.1, 0.15) is 6.42 Å². The minimum Gasteiger partial charge on any atom is -0.385 e. The quantitative estimate of drug-likeness (QED) is 0.826. The Morgan fingerprint density at radius 1 is 1.12 bits per heavy atom. The van der Waals surface area contributed by atoms with Crippen LogP contribution in [-0.4, -0.2) is 62.3 Å². The number of amides is 2. The molecular weight excluding hydrogens is 338 g/mol. The highest BCUT2D eigenvalue weighted by atomic mass is 35.5. The van der Waals surface area contributed by atoms with Crippen LogP contribution in [-0.2, 0) is 4.74 Å². The Morgan fingerprint density at radius 2 is 1.84 bits per heavy atom. The largest absolute Gasteiger partial charge is 0.385 e. The van der Waals surface area contributed by atoms with Crippen LogP contribution < -0.4 is 5.32 Å². The molecule has 0 spiro atoms. The van der Waals surface area contributed by atoms with E-state index in [1.807, 2.05) is 41.3 Å². The molecular formula is C19H24ClN3O2. The topological polar surface area (TPSA) is 44.8 Å². The van der Waals surface area contributed by atoms with Crippen LogP contribution in [0.4, 0.5) is 10.5 Å². The van der Waals surface area contributed by atoms with Gasteiger partial charge in [-0.25, -0.2) is 4.79 Å². The van der Waals surface area contributed by atoms with Crippen LogP contribution in [0.2, 0.25) is 5.02 Å². The van der Waals surface area contributed by atoms with Crippen LogP contribution in [0.5, 0.6) is 0 Å². The van der Waals surface area contributed by atoms with Gasteiger partial charge in [-0.3, -0.25) is 4.90 Å². The molecule has 25 heavy (non-hydrogen) atoms. The second-order valence-corrected chi connectivity index (χ2v) is 6.65. The van der Waals surface area contributed by atoms with E-state index in [2.05, 4.69) is 10.2 Å². The number of ether oxygens (including phenoxy) is 1. The molecule has 5 nitrogen and oxygen atoms in total. The number of halogens is 1. The van der Waals surface area contributed by atoms with Gasteiger partial charge in [0.05, 0.1) is 5.69 Å². The first-order chi connectivity index (χ1) is 12.2. The predicted molar refractivity (Wildman–Crippen MR) is 102 cm³/mol. The average molecular weight is 362 g/mol. The molecule has 1 aliphatic rings. The highest BCUT2D eigenvalue weighted by Crippen LogP contribution is 2.29. The Labute approximate surface area is 153 Å². The fourth-order valence-electron chi connectivity index (χ4n) is 3.17. The van der Waals surface area contributed by atoms with Gasteiger partial charge < -0.3 is 15.0 Å². The van der Waals surface area contributed by atoms with Crippen LogP contribution in [0.3, 0.4) is 0 Å². The molecule has 0 unspecified atom stereocenters. The maximum Gasteiger partial charge on any atom is 0.321 e. The first-order valence-electron chi connectivity index (χ1n) is 8.63. The Balaban J connectivity index is 1.60. The molecule has 1 N–H and O–H groups in total. The highest BCUT2D eigenvalue weighted by Gasteiger charge is 2.21. The van der Waals surface area contributed by atoms with E-state index in [0.717, 1.165) is 62.2 Å². The zero-order chi connectivity index (χ0) is 17.6. The summed E-state index contributed by atoms with van der Waals surface area (Å²) in [5.74, 6) is 0.